The number of guanidine groups is 1. The van der Waals surface area contributed by atoms with E-state index in [1.165, 1.54) is 0 Å². The summed E-state index contributed by atoms with van der Waals surface area (Å²) in [5, 5.41) is 2.79. The van der Waals surface area contributed by atoms with Crippen molar-refractivity contribution in [1.29, 1.82) is 0 Å². The molecule has 0 unspecified atom stereocenters. The fraction of sp³-hybridized carbons (Fsp3) is 0.818. The Morgan fingerprint density at radius 1 is 1.42 bits per heavy atom. The topological polar surface area (TPSA) is 70.7 Å². The second-order valence-electron chi connectivity index (χ2n) is 4.68. The molecule has 1 amide bonds. The van der Waals surface area contributed by atoms with E-state index >= 15 is 0 Å². The van der Waals surface area contributed by atoms with Gasteiger partial charge in [-0.25, -0.2) is 4.99 Å². The first-order chi connectivity index (χ1) is 8.61. The molecule has 0 bridgehead atoms. The molecular formula is C11H21F3N4O. The number of rotatable bonds is 6. The van der Waals surface area contributed by atoms with Crippen molar-refractivity contribution in [3.05, 3.63) is 0 Å². The minimum absolute atomic E-state index is 0.0643. The highest BCUT2D eigenvalue weighted by Crippen LogP contribution is 2.15. The molecule has 3 N–H and O–H groups in total. The van der Waals surface area contributed by atoms with Crippen molar-refractivity contribution in [2.24, 2.45) is 16.6 Å². The molecule has 0 aliphatic carbocycles. The lowest BCUT2D eigenvalue weighted by Gasteiger charge is -2.18. The maximum Gasteiger partial charge on any atom is 0.406 e. The molecular weight excluding hydrogens is 261 g/mol. The first-order valence-electron chi connectivity index (χ1n) is 5.96. The molecule has 0 spiro atoms. The van der Waals surface area contributed by atoms with Gasteiger partial charge in [0, 0.05) is 13.6 Å². The second kappa shape index (κ2) is 7.85. The fourth-order valence-electron chi connectivity index (χ4n) is 1.18. The summed E-state index contributed by atoms with van der Waals surface area (Å²) in [6, 6.07) is 0. The maximum atomic E-state index is 12.0. The Hall–Kier alpha value is -1.47. The van der Waals surface area contributed by atoms with Gasteiger partial charge in [0.05, 0.1) is 0 Å². The van der Waals surface area contributed by atoms with E-state index in [0.29, 0.717) is 17.4 Å². The third-order valence-corrected chi connectivity index (χ3v) is 2.25. The minimum Gasteiger partial charge on any atom is -0.370 e. The zero-order valence-electron chi connectivity index (χ0n) is 11.4. The summed E-state index contributed by atoms with van der Waals surface area (Å²) in [5.41, 5.74) is 5.48. The summed E-state index contributed by atoms with van der Waals surface area (Å²) in [6.45, 7) is 3.02. The number of nitrogens with zero attached hydrogens (tertiary/aromatic N) is 2. The molecule has 0 aliphatic rings. The standard InChI is InChI=1S/C11H21F3N4O/c1-8(2)4-5-16-10(15)17-6-9(19)18(3)7-11(12,13)14/h8H,4-7H2,1-3H3,(H3,15,16,17). The van der Waals surface area contributed by atoms with E-state index in [4.69, 9.17) is 5.73 Å². The molecule has 0 heterocycles. The quantitative estimate of drug-likeness (QED) is 0.563. The van der Waals surface area contributed by atoms with Gasteiger partial charge < -0.3 is 16.0 Å². The second-order valence-corrected chi connectivity index (χ2v) is 4.68. The Kier molecular flexibility index (Phi) is 7.25. The number of carbonyl (C=O) groups is 1. The normalized spacial score (nSPS) is 12.7. The van der Waals surface area contributed by atoms with E-state index in [9.17, 15) is 18.0 Å². The van der Waals surface area contributed by atoms with Crippen LogP contribution in [0.5, 0.6) is 0 Å². The van der Waals surface area contributed by atoms with Gasteiger partial charge in [0.1, 0.15) is 13.1 Å². The number of hydrogen-bond donors (Lipinski definition) is 2. The van der Waals surface area contributed by atoms with E-state index < -0.39 is 25.2 Å². The van der Waals surface area contributed by atoms with E-state index in [2.05, 4.69) is 10.3 Å². The molecule has 0 atom stereocenters. The lowest BCUT2D eigenvalue weighted by Crippen LogP contribution is -2.38. The van der Waals surface area contributed by atoms with Gasteiger partial charge in [-0.05, 0) is 12.3 Å². The predicted molar refractivity (Wildman–Crippen MR) is 67.6 cm³/mol. The molecule has 0 aromatic carbocycles. The van der Waals surface area contributed by atoms with E-state index in [-0.39, 0.29) is 5.96 Å². The third kappa shape index (κ3) is 10.2. The Morgan fingerprint density at radius 2 is 2.00 bits per heavy atom. The Morgan fingerprint density at radius 3 is 2.47 bits per heavy atom. The Bertz CT molecular complexity index is 316. The molecule has 112 valence electrons. The van der Waals surface area contributed by atoms with Crippen molar-refractivity contribution in [3.8, 4) is 0 Å². The molecule has 0 aromatic heterocycles. The number of alkyl halides is 3. The molecule has 0 aliphatic heterocycles. The smallest absolute Gasteiger partial charge is 0.370 e. The number of nitrogens with one attached hydrogen (secondary N) is 1. The molecule has 0 rings (SSSR count). The van der Waals surface area contributed by atoms with Gasteiger partial charge >= 0.3 is 6.18 Å². The molecule has 0 radical (unpaired) electrons. The Labute approximate surface area is 111 Å². The number of hydrogen-bond acceptors (Lipinski definition) is 2. The van der Waals surface area contributed by atoms with Crippen LogP contribution in [0.25, 0.3) is 0 Å². The average Bonchev–Trinajstić information content (AvgIpc) is 2.22. The van der Waals surface area contributed by atoms with Gasteiger partial charge in [0.2, 0.25) is 5.91 Å². The monoisotopic (exact) mass is 282 g/mol. The maximum absolute atomic E-state index is 12.0. The van der Waals surface area contributed by atoms with E-state index in [1.54, 1.807) is 0 Å². The number of aliphatic imine (C=N–C) groups is 1. The first-order valence-corrected chi connectivity index (χ1v) is 5.96. The van der Waals surface area contributed by atoms with E-state index in [1.807, 2.05) is 13.8 Å². The summed E-state index contributed by atoms with van der Waals surface area (Å²) in [6.07, 6.45) is -3.52. The number of halogens is 3. The summed E-state index contributed by atoms with van der Waals surface area (Å²) in [7, 11) is 1.08. The number of nitrogens with two attached hydrogens (primary N) is 1. The van der Waals surface area contributed by atoms with Gasteiger partial charge in [-0.1, -0.05) is 13.8 Å². The highest BCUT2D eigenvalue weighted by Gasteiger charge is 2.30. The highest BCUT2D eigenvalue weighted by atomic mass is 19.4. The summed E-state index contributed by atoms with van der Waals surface area (Å²) in [5.74, 6) is -0.166. The number of carbonyl (C=O) groups excluding carboxylic acids is 1. The molecule has 0 saturated heterocycles. The van der Waals surface area contributed by atoms with Crippen LogP contribution >= 0.6 is 0 Å². The van der Waals surface area contributed by atoms with Crippen LogP contribution in [0.2, 0.25) is 0 Å². The van der Waals surface area contributed by atoms with Crippen molar-refractivity contribution in [3.63, 3.8) is 0 Å². The number of likely N-dealkylation sites (N-methyl/N-ethyl adjacent to an activating group) is 1. The Balaban J connectivity index is 4.05. The molecule has 0 aromatic rings. The van der Waals surface area contributed by atoms with E-state index in [0.717, 1.165) is 13.5 Å². The van der Waals surface area contributed by atoms with Crippen LogP contribution < -0.4 is 11.1 Å². The van der Waals surface area contributed by atoms with Crippen LogP contribution in [0.1, 0.15) is 20.3 Å². The lowest BCUT2D eigenvalue weighted by molar-refractivity contribution is -0.157. The average molecular weight is 282 g/mol. The van der Waals surface area contributed by atoms with Crippen LogP contribution in [0.15, 0.2) is 4.99 Å². The third-order valence-electron chi connectivity index (χ3n) is 2.25. The highest BCUT2D eigenvalue weighted by molar-refractivity contribution is 5.83. The van der Waals surface area contributed by atoms with Crippen LogP contribution in [-0.4, -0.2) is 49.6 Å². The van der Waals surface area contributed by atoms with Crippen molar-refractivity contribution in [1.82, 2.24) is 10.2 Å². The van der Waals surface area contributed by atoms with Crippen molar-refractivity contribution in [2.45, 2.75) is 26.4 Å². The summed E-state index contributed by atoms with van der Waals surface area (Å²) in [4.78, 5) is 15.6. The van der Waals surface area contributed by atoms with Gasteiger partial charge in [-0.2, -0.15) is 13.2 Å². The SMILES string of the molecule is CC(C)CCNC(N)=NCC(=O)N(C)CC(F)(F)F. The largest absolute Gasteiger partial charge is 0.406 e. The van der Waals surface area contributed by atoms with Crippen molar-refractivity contribution < 1.29 is 18.0 Å². The lowest BCUT2D eigenvalue weighted by atomic mass is 10.1. The van der Waals surface area contributed by atoms with Crippen molar-refractivity contribution in [2.75, 3.05) is 26.7 Å². The molecule has 19 heavy (non-hydrogen) atoms. The molecule has 0 saturated carbocycles. The van der Waals surface area contributed by atoms with Crippen molar-refractivity contribution >= 4 is 11.9 Å². The van der Waals surface area contributed by atoms with Crippen LogP contribution in [-0.2, 0) is 4.79 Å². The van der Waals surface area contributed by atoms with Gasteiger partial charge in [-0.15, -0.1) is 0 Å². The van der Waals surface area contributed by atoms with Crippen LogP contribution in [0.3, 0.4) is 0 Å². The summed E-state index contributed by atoms with van der Waals surface area (Å²) >= 11 is 0. The molecule has 8 heteroatoms. The van der Waals surface area contributed by atoms with Crippen LogP contribution in [0, 0.1) is 5.92 Å². The minimum atomic E-state index is -4.41. The first kappa shape index (κ1) is 17.5. The zero-order valence-corrected chi connectivity index (χ0v) is 11.4. The van der Waals surface area contributed by atoms with Gasteiger partial charge in [-0.3, -0.25) is 4.79 Å². The summed E-state index contributed by atoms with van der Waals surface area (Å²) < 4.78 is 36.1. The van der Waals surface area contributed by atoms with Gasteiger partial charge in [0.15, 0.2) is 5.96 Å². The van der Waals surface area contributed by atoms with Crippen LogP contribution in [0.4, 0.5) is 13.2 Å². The number of amides is 1. The predicted octanol–water partition coefficient (Wildman–Crippen LogP) is 0.957. The molecule has 0 fully saturated rings. The fourth-order valence-corrected chi connectivity index (χ4v) is 1.18. The van der Waals surface area contributed by atoms with Gasteiger partial charge in [0.25, 0.3) is 0 Å². The zero-order chi connectivity index (χ0) is 15.1. The molecule has 5 nitrogen and oxygen atoms in total.